The van der Waals surface area contributed by atoms with Gasteiger partial charge in [0, 0.05) is 36.7 Å². The molecule has 1 saturated heterocycles. The number of phenols is 1. The van der Waals surface area contributed by atoms with Gasteiger partial charge in [0.2, 0.25) is 0 Å². The third kappa shape index (κ3) is 3.06. The average molecular weight is 499 g/mol. The molecule has 3 aliphatic carbocycles. The van der Waals surface area contributed by atoms with Gasteiger partial charge in [0.15, 0.2) is 17.6 Å². The van der Waals surface area contributed by atoms with Gasteiger partial charge >= 0.3 is 0 Å². The number of nitrogens with zero attached hydrogens (tertiary/aromatic N) is 1. The van der Waals surface area contributed by atoms with Crippen LogP contribution in [0.4, 0.5) is 5.69 Å². The number of terminal acetylenes is 1. The number of carbonyl (C=O) groups excluding carboxylic acids is 1. The molecule has 1 saturated carbocycles. The summed E-state index contributed by atoms with van der Waals surface area (Å²) in [6.45, 7) is 1.70. The van der Waals surface area contributed by atoms with Crippen molar-refractivity contribution < 1.29 is 24.9 Å². The Morgan fingerprint density at radius 3 is 2.70 bits per heavy atom. The van der Waals surface area contributed by atoms with Crippen molar-refractivity contribution in [2.24, 2.45) is 5.92 Å². The fourth-order valence-electron chi connectivity index (χ4n) is 7.40. The molecule has 1 spiro atoms. The van der Waals surface area contributed by atoms with Crippen molar-refractivity contribution in [3.8, 4) is 23.8 Å². The Balaban J connectivity index is 1.30. The van der Waals surface area contributed by atoms with E-state index in [9.17, 15) is 20.1 Å². The van der Waals surface area contributed by atoms with Crippen LogP contribution in [0.25, 0.3) is 0 Å². The molecule has 2 aliphatic heterocycles. The van der Waals surface area contributed by atoms with E-state index in [1.165, 1.54) is 12.8 Å². The smallest absolute Gasteiger partial charge is 0.255 e. The molecular weight excluding hydrogens is 468 g/mol. The van der Waals surface area contributed by atoms with E-state index in [0.717, 1.165) is 29.8 Å². The fourth-order valence-corrected chi connectivity index (χ4v) is 7.40. The maximum Gasteiger partial charge on any atom is 0.255 e. The first kappa shape index (κ1) is 22.7. The molecule has 7 heteroatoms. The molecule has 2 heterocycles. The van der Waals surface area contributed by atoms with Crippen molar-refractivity contribution in [1.82, 2.24) is 4.90 Å². The monoisotopic (exact) mass is 498 g/mol. The van der Waals surface area contributed by atoms with Crippen LogP contribution < -0.4 is 10.1 Å². The number of likely N-dealkylation sites (tertiary alicyclic amines) is 1. The number of nitrogens with one attached hydrogen (secondary N) is 1. The van der Waals surface area contributed by atoms with Crippen molar-refractivity contribution in [3.05, 3.63) is 64.4 Å². The lowest BCUT2D eigenvalue weighted by Crippen LogP contribution is -2.75. The molecule has 2 fully saturated rings. The van der Waals surface area contributed by atoms with E-state index in [0.29, 0.717) is 36.6 Å². The lowest BCUT2D eigenvalue weighted by molar-refractivity contribution is -0.172. The van der Waals surface area contributed by atoms with Crippen molar-refractivity contribution >= 4 is 11.6 Å². The van der Waals surface area contributed by atoms with Crippen molar-refractivity contribution in [2.75, 3.05) is 18.4 Å². The van der Waals surface area contributed by atoms with Crippen molar-refractivity contribution in [1.29, 1.82) is 0 Å². The molecule has 4 atom stereocenters. The highest BCUT2D eigenvalue weighted by atomic mass is 16.5. The lowest BCUT2D eigenvalue weighted by atomic mass is 9.49. The first-order valence-corrected chi connectivity index (χ1v) is 13.1. The number of carbonyl (C=O) groups is 1. The van der Waals surface area contributed by atoms with E-state index in [4.69, 9.17) is 11.2 Å². The van der Waals surface area contributed by atoms with Gasteiger partial charge in [-0.15, -0.1) is 12.3 Å². The summed E-state index contributed by atoms with van der Waals surface area (Å²) in [6.07, 6.45) is 8.58. The van der Waals surface area contributed by atoms with Crippen LogP contribution in [0.2, 0.25) is 0 Å². The highest BCUT2D eigenvalue weighted by Gasteiger charge is 2.73. The number of aromatic hydroxyl groups is 1. The first-order valence-electron chi connectivity index (χ1n) is 13.1. The van der Waals surface area contributed by atoms with Crippen LogP contribution in [-0.2, 0) is 23.1 Å². The van der Waals surface area contributed by atoms with Crippen LogP contribution in [0, 0.1) is 18.3 Å². The van der Waals surface area contributed by atoms with E-state index < -0.39 is 23.0 Å². The minimum atomic E-state index is -1.33. The number of piperidine rings is 1. The highest BCUT2D eigenvalue weighted by Crippen LogP contribution is 2.66. The Morgan fingerprint density at radius 2 is 1.97 bits per heavy atom. The molecule has 5 aliphatic rings. The summed E-state index contributed by atoms with van der Waals surface area (Å²) in [5.74, 6) is 2.94. The molecule has 2 aromatic rings. The summed E-state index contributed by atoms with van der Waals surface area (Å²) in [6, 6.07) is 10.6. The summed E-state index contributed by atoms with van der Waals surface area (Å²) in [4.78, 5) is 15.9. The molecule has 0 aromatic heterocycles. The molecule has 0 unspecified atom stereocenters. The van der Waals surface area contributed by atoms with Gasteiger partial charge in [-0.2, -0.15) is 0 Å². The van der Waals surface area contributed by atoms with E-state index in [-0.39, 0.29) is 29.5 Å². The number of rotatable bonds is 5. The molecule has 1 amide bonds. The number of benzene rings is 2. The molecule has 2 aromatic carbocycles. The van der Waals surface area contributed by atoms with E-state index in [2.05, 4.69) is 16.1 Å². The van der Waals surface area contributed by atoms with Crippen LogP contribution >= 0.6 is 0 Å². The molecule has 7 nitrogen and oxygen atoms in total. The second-order valence-corrected chi connectivity index (χ2v) is 11.3. The second kappa shape index (κ2) is 7.77. The summed E-state index contributed by atoms with van der Waals surface area (Å²) < 4.78 is 6.25. The van der Waals surface area contributed by atoms with Gasteiger partial charge in [-0.1, -0.05) is 18.2 Å². The zero-order valence-electron chi connectivity index (χ0n) is 20.5. The van der Waals surface area contributed by atoms with Gasteiger partial charge in [0.1, 0.15) is 5.76 Å². The number of anilines is 1. The zero-order valence-corrected chi connectivity index (χ0v) is 20.5. The van der Waals surface area contributed by atoms with Crippen molar-refractivity contribution in [2.45, 2.75) is 61.7 Å². The Morgan fingerprint density at radius 1 is 1.19 bits per heavy atom. The molecular formula is C30H30N2O5. The number of hydrogen-bond donors (Lipinski definition) is 4. The molecule has 37 heavy (non-hydrogen) atoms. The maximum atomic E-state index is 13.5. The fraction of sp³-hybridized carbons (Fsp3) is 0.433. The van der Waals surface area contributed by atoms with E-state index >= 15 is 0 Å². The third-order valence-electron chi connectivity index (χ3n) is 9.31. The van der Waals surface area contributed by atoms with Gasteiger partial charge in [-0.25, -0.2) is 0 Å². The quantitative estimate of drug-likeness (QED) is 0.473. The van der Waals surface area contributed by atoms with E-state index in [1.54, 1.807) is 18.2 Å². The van der Waals surface area contributed by atoms with Gasteiger partial charge in [0.05, 0.1) is 16.6 Å². The normalized spacial score (nSPS) is 31.4. The van der Waals surface area contributed by atoms with Gasteiger partial charge in [0.25, 0.3) is 5.91 Å². The Labute approximate surface area is 215 Å². The predicted molar refractivity (Wildman–Crippen MR) is 137 cm³/mol. The lowest BCUT2D eigenvalue weighted by Gasteiger charge is -2.62. The predicted octanol–water partition coefficient (Wildman–Crippen LogP) is 3.19. The largest absolute Gasteiger partial charge is 0.508 e. The summed E-state index contributed by atoms with van der Waals surface area (Å²) in [5, 5.41) is 37.7. The van der Waals surface area contributed by atoms with Crippen LogP contribution in [0.1, 0.15) is 42.4 Å². The summed E-state index contributed by atoms with van der Waals surface area (Å²) >= 11 is 0. The van der Waals surface area contributed by atoms with Crippen LogP contribution in [-0.4, -0.2) is 57.0 Å². The molecule has 4 N–H and O–H groups in total. The minimum absolute atomic E-state index is 0.00500. The van der Waals surface area contributed by atoms with Crippen molar-refractivity contribution in [3.63, 3.8) is 0 Å². The maximum absolute atomic E-state index is 13.5. The number of amides is 1. The van der Waals surface area contributed by atoms with Crippen LogP contribution in [0.15, 0.2) is 47.7 Å². The first-order chi connectivity index (χ1) is 17.9. The van der Waals surface area contributed by atoms with Gasteiger partial charge in [-0.3, -0.25) is 9.69 Å². The number of aliphatic hydroxyl groups is 2. The minimum Gasteiger partial charge on any atom is -0.508 e. The number of hydrogen-bond acceptors (Lipinski definition) is 6. The Kier molecular flexibility index (Phi) is 4.77. The van der Waals surface area contributed by atoms with Crippen LogP contribution in [0.3, 0.4) is 0 Å². The Hall–Kier alpha value is -3.47. The molecule has 190 valence electrons. The number of ether oxygens (including phenoxy) is 1. The average Bonchev–Trinajstić information content (AvgIpc) is 3.62. The zero-order chi connectivity index (χ0) is 25.5. The Bertz CT molecular complexity index is 1390. The van der Waals surface area contributed by atoms with Gasteiger partial charge in [-0.05, 0) is 67.5 Å². The topological polar surface area (TPSA) is 102 Å². The van der Waals surface area contributed by atoms with Gasteiger partial charge < -0.3 is 25.4 Å². The molecule has 7 rings (SSSR count). The summed E-state index contributed by atoms with van der Waals surface area (Å²) in [5.41, 5.74) is 1.28. The highest BCUT2D eigenvalue weighted by molar-refractivity contribution is 6.04. The SMILES string of the molecule is C#CCc1ccc(NC(=O)C2=C(O)[C@@H]3Oc4c(O)ccc5c4[C@@]34CCN(CC3CC3)[C@H](C5)[C@]4(O)C2)cc1. The molecule has 2 bridgehead atoms. The number of phenolic OH excluding ortho intramolecular Hbond substituents is 1. The van der Waals surface area contributed by atoms with Crippen LogP contribution in [0.5, 0.6) is 11.5 Å². The second-order valence-electron chi connectivity index (χ2n) is 11.3. The number of aliphatic hydroxyl groups excluding tert-OH is 1. The van der Waals surface area contributed by atoms with E-state index in [1.807, 2.05) is 18.2 Å². The third-order valence-corrected chi connectivity index (χ3v) is 9.31. The summed E-state index contributed by atoms with van der Waals surface area (Å²) in [7, 11) is 0. The standard InChI is InChI=1S/C30H30N2O5/c1-2-3-17-6-9-20(10-7-17)31-28(35)21-15-30(36)23-14-19-8-11-22(33)26-24(19)29(30,27(37-26)25(21)34)12-13-32(23)16-18-4-5-18/h1,6-11,18,23,27,33-34,36H,3-5,12-16H2,(H,31,35)/t23-,27+,29+,30-/m1/s1. The molecule has 0 radical (unpaired) electrons.